The Bertz CT molecular complexity index is 1300. The highest BCUT2D eigenvalue weighted by molar-refractivity contribution is 5.98. The molecule has 0 aliphatic rings. The minimum Gasteiger partial charge on any atom is -0.469 e. The number of hydrogen-bond acceptors (Lipinski definition) is 5. The molecule has 1 amide bonds. The molecule has 3 rings (SSSR count). The second-order valence-corrected chi connectivity index (χ2v) is 11.0. The topological polar surface area (TPSA) is 77.5 Å². The van der Waals surface area contributed by atoms with Gasteiger partial charge in [0.05, 0.1) is 12.6 Å². The summed E-state index contributed by atoms with van der Waals surface area (Å²) in [6, 6.07) is 14.7. The molecular formula is C32H40N2O4. The number of benzene rings is 2. The van der Waals surface area contributed by atoms with Crippen LogP contribution in [0.4, 0.5) is 4.79 Å². The van der Waals surface area contributed by atoms with Crippen molar-refractivity contribution in [3.05, 3.63) is 70.9 Å². The van der Waals surface area contributed by atoms with Crippen LogP contribution in [0.2, 0.25) is 0 Å². The number of esters is 1. The molecule has 0 unspecified atom stereocenters. The minimum atomic E-state index is -0.582. The van der Waals surface area contributed by atoms with E-state index < -0.39 is 11.7 Å². The van der Waals surface area contributed by atoms with Gasteiger partial charge in [-0.25, -0.2) is 4.79 Å². The van der Waals surface area contributed by atoms with Crippen molar-refractivity contribution < 1.29 is 19.1 Å². The fourth-order valence-electron chi connectivity index (χ4n) is 4.27. The van der Waals surface area contributed by atoms with Gasteiger partial charge in [-0.05, 0) is 75.3 Å². The first-order chi connectivity index (χ1) is 18.0. The van der Waals surface area contributed by atoms with Gasteiger partial charge < -0.3 is 14.8 Å². The fraction of sp³-hybridized carbons (Fsp3) is 0.406. The molecule has 6 nitrogen and oxygen atoms in total. The molecule has 0 atom stereocenters. The summed E-state index contributed by atoms with van der Waals surface area (Å²) in [6.07, 6.45) is 5.28. The fourth-order valence-corrected chi connectivity index (χ4v) is 4.27. The monoisotopic (exact) mass is 516 g/mol. The van der Waals surface area contributed by atoms with Gasteiger partial charge in [0.15, 0.2) is 0 Å². The first-order valence-electron chi connectivity index (χ1n) is 13.2. The van der Waals surface area contributed by atoms with E-state index in [2.05, 4.69) is 56.4 Å². The Morgan fingerprint density at radius 2 is 1.79 bits per heavy atom. The number of hydrogen-bond donors (Lipinski definition) is 1. The molecule has 6 heteroatoms. The van der Waals surface area contributed by atoms with Crippen molar-refractivity contribution in [2.24, 2.45) is 5.92 Å². The highest BCUT2D eigenvalue weighted by Gasteiger charge is 2.21. The van der Waals surface area contributed by atoms with Crippen LogP contribution < -0.4 is 5.32 Å². The van der Waals surface area contributed by atoms with E-state index in [1.54, 1.807) is 0 Å². The van der Waals surface area contributed by atoms with Crippen LogP contribution in [-0.4, -0.2) is 29.8 Å². The molecule has 2 aromatic carbocycles. The highest BCUT2D eigenvalue weighted by Crippen LogP contribution is 2.35. The van der Waals surface area contributed by atoms with Crippen molar-refractivity contribution in [2.75, 3.05) is 7.11 Å². The molecule has 38 heavy (non-hydrogen) atoms. The lowest BCUT2D eigenvalue weighted by molar-refractivity contribution is -0.140. The van der Waals surface area contributed by atoms with Gasteiger partial charge in [0.2, 0.25) is 0 Å². The number of rotatable bonds is 9. The SMILES string of the molecule is COC(=O)CC/C=C/c1ccc2nc(CC(C)C)c(CNC(=O)OC(C)(C)C)c(-c3ccc(C)cc3)c2c1. The second-order valence-electron chi connectivity index (χ2n) is 11.0. The van der Waals surface area contributed by atoms with E-state index in [1.807, 2.05) is 45.1 Å². The van der Waals surface area contributed by atoms with Gasteiger partial charge >= 0.3 is 12.1 Å². The van der Waals surface area contributed by atoms with E-state index in [9.17, 15) is 9.59 Å². The van der Waals surface area contributed by atoms with Gasteiger partial charge in [0.25, 0.3) is 0 Å². The zero-order chi connectivity index (χ0) is 27.9. The molecular weight excluding hydrogens is 476 g/mol. The van der Waals surface area contributed by atoms with Crippen molar-refractivity contribution in [1.82, 2.24) is 10.3 Å². The van der Waals surface area contributed by atoms with Crippen LogP contribution in [-0.2, 0) is 27.2 Å². The lowest BCUT2D eigenvalue weighted by Gasteiger charge is -2.22. The molecule has 1 aromatic heterocycles. The van der Waals surface area contributed by atoms with Crippen molar-refractivity contribution in [2.45, 2.75) is 73.0 Å². The number of ether oxygens (including phenoxy) is 2. The Hall–Kier alpha value is -3.67. The number of alkyl carbamates (subject to hydrolysis) is 1. The molecule has 202 valence electrons. The van der Waals surface area contributed by atoms with Crippen LogP contribution in [0.1, 0.15) is 69.8 Å². The minimum absolute atomic E-state index is 0.223. The number of allylic oxidation sites excluding steroid dienone is 1. The highest BCUT2D eigenvalue weighted by atomic mass is 16.6. The molecule has 0 saturated carbocycles. The average molecular weight is 517 g/mol. The molecule has 0 fully saturated rings. The van der Waals surface area contributed by atoms with E-state index in [4.69, 9.17) is 14.5 Å². The number of fused-ring (bicyclic) bond motifs is 1. The molecule has 1 heterocycles. The van der Waals surface area contributed by atoms with Crippen molar-refractivity contribution in [1.29, 1.82) is 0 Å². The summed E-state index contributed by atoms with van der Waals surface area (Å²) in [5.74, 6) is 0.168. The molecule has 3 aromatic rings. The summed E-state index contributed by atoms with van der Waals surface area (Å²) in [5.41, 5.74) is 6.61. The predicted molar refractivity (Wildman–Crippen MR) is 154 cm³/mol. The van der Waals surface area contributed by atoms with E-state index >= 15 is 0 Å². The maximum Gasteiger partial charge on any atom is 0.407 e. The first-order valence-corrected chi connectivity index (χ1v) is 13.2. The van der Waals surface area contributed by atoms with Gasteiger partial charge in [-0.1, -0.05) is 61.9 Å². The van der Waals surface area contributed by atoms with E-state index in [0.717, 1.165) is 45.3 Å². The van der Waals surface area contributed by atoms with E-state index in [0.29, 0.717) is 25.3 Å². The molecule has 0 bridgehead atoms. The van der Waals surface area contributed by atoms with Gasteiger partial charge in [-0.15, -0.1) is 0 Å². The number of nitrogens with zero attached hydrogens (tertiary/aromatic N) is 1. The Balaban J connectivity index is 2.13. The Morgan fingerprint density at radius 1 is 1.08 bits per heavy atom. The third-order valence-corrected chi connectivity index (χ3v) is 6.00. The van der Waals surface area contributed by atoms with Gasteiger partial charge in [-0.3, -0.25) is 9.78 Å². The van der Waals surface area contributed by atoms with Gasteiger partial charge in [-0.2, -0.15) is 0 Å². The number of aromatic nitrogens is 1. The lowest BCUT2D eigenvalue weighted by atomic mass is 9.90. The molecule has 0 aliphatic carbocycles. The zero-order valence-electron chi connectivity index (χ0n) is 23.7. The van der Waals surface area contributed by atoms with Crippen LogP contribution in [0.25, 0.3) is 28.1 Å². The smallest absolute Gasteiger partial charge is 0.407 e. The number of methoxy groups -OCH3 is 1. The number of nitrogens with one attached hydrogen (secondary N) is 1. The van der Waals surface area contributed by atoms with Gasteiger partial charge in [0, 0.05) is 29.6 Å². The van der Waals surface area contributed by atoms with Crippen molar-refractivity contribution in [3.8, 4) is 11.1 Å². The summed E-state index contributed by atoms with van der Waals surface area (Å²) in [7, 11) is 1.40. The predicted octanol–water partition coefficient (Wildman–Crippen LogP) is 7.40. The number of carbonyl (C=O) groups is 2. The van der Waals surface area contributed by atoms with E-state index in [-0.39, 0.29) is 5.97 Å². The number of amides is 1. The van der Waals surface area contributed by atoms with Crippen LogP contribution in [0.15, 0.2) is 48.5 Å². The molecule has 1 N–H and O–H groups in total. The standard InChI is InChI=1S/C32H40N2O4/c1-21(2)18-28-26(20-33-31(36)38-32(4,5)6)30(24-15-12-22(3)13-16-24)25-19-23(14-17-27(25)34-28)10-8-9-11-29(35)37-7/h8,10,12-17,19,21H,9,11,18,20H2,1-7H3,(H,33,36)/b10-8+. The number of pyridine rings is 1. The normalized spacial score (nSPS) is 11.8. The van der Waals surface area contributed by atoms with E-state index in [1.165, 1.54) is 12.7 Å². The molecule has 0 spiro atoms. The summed E-state index contributed by atoms with van der Waals surface area (Å²) in [6.45, 7) is 12.3. The van der Waals surface area contributed by atoms with Crippen LogP contribution in [0.3, 0.4) is 0 Å². The van der Waals surface area contributed by atoms with Crippen molar-refractivity contribution >= 4 is 29.0 Å². The first kappa shape index (κ1) is 28.9. The maximum atomic E-state index is 12.6. The van der Waals surface area contributed by atoms with Gasteiger partial charge in [0.1, 0.15) is 5.60 Å². The van der Waals surface area contributed by atoms with Crippen LogP contribution >= 0.6 is 0 Å². The second kappa shape index (κ2) is 12.7. The third kappa shape index (κ3) is 8.17. The average Bonchev–Trinajstić information content (AvgIpc) is 2.84. The summed E-state index contributed by atoms with van der Waals surface area (Å²) >= 11 is 0. The Morgan fingerprint density at radius 3 is 2.42 bits per heavy atom. The quantitative estimate of drug-likeness (QED) is 0.300. The summed E-state index contributed by atoms with van der Waals surface area (Å²) in [5, 5.41) is 3.98. The zero-order valence-corrected chi connectivity index (χ0v) is 23.7. The van der Waals surface area contributed by atoms with Crippen LogP contribution in [0, 0.1) is 12.8 Å². The number of aryl methyl sites for hydroxylation is 1. The molecule has 0 radical (unpaired) electrons. The third-order valence-electron chi connectivity index (χ3n) is 6.00. The molecule has 0 saturated heterocycles. The molecule has 0 aliphatic heterocycles. The lowest BCUT2D eigenvalue weighted by Crippen LogP contribution is -2.32. The Kier molecular flexibility index (Phi) is 9.67. The summed E-state index contributed by atoms with van der Waals surface area (Å²) < 4.78 is 10.2. The van der Waals surface area contributed by atoms with Crippen LogP contribution in [0.5, 0.6) is 0 Å². The Labute approximate surface area is 226 Å². The summed E-state index contributed by atoms with van der Waals surface area (Å²) in [4.78, 5) is 29.1. The van der Waals surface area contributed by atoms with Crippen molar-refractivity contribution in [3.63, 3.8) is 0 Å². The number of carbonyl (C=O) groups excluding carboxylic acids is 2. The maximum absolute atomic E-state index is 12.6. The largest absolute Gasteiger partial charge is 0.469 e.